The van der Waals surface area contributed by atoms with Crippen molar-refractivity contribution in [2.45, 2.75) is 12.5 Å². The molecule has 3 N–H and O–H groups in total. The molecule has 0 spiro atoms. The largest absolute Gasteiger partial charge is 0.508 e. The first kappa shape index (κ1) is 13.3. The second-order valence-corrected chi connectivity index (χ2v) is 4.31. The Morgan fingerprint density at radius 1 is 1.38 bits per heavy atom. The van der Waals surface area contributed by atoms with Gasteiger partial charge in [-0.15, -0.1) is 0 Å². The average molecular weight is 296 g/mol. The molecule has 0 aliphatic rings. The third kappa shape index (κ3) is 4.03. The SMILES string of the molecule is OCC(F)(F)CNCc1cc(Br)ccc1O. The normalized spacial score (nSPS) is 11.8. The Hall–Kier alpha value is -0.720. The Balaban J connectivity index is 2.52. The van der Waals surface area contributed by atoms with Crippen LogP contribution in [0.4, 0.5) is 8.78 Å². The molecule has 1 aromatic rings. The minimum atomic E-state index is -3.14. The molecule has 1 aromatic carbocycles. The van der Waals surface area contributed by atoms with Gasteiger partial charge in [0.1, 0.15) is 12.4 Å². The van der Waals surface area contributed by atoms with E-state index in [9.17, 15) is 13.9 Å². The molecule has 3 nitrogen and oxygen atoms in total. The molecule has 0 heterocycles. The number of phenolic OH excluding ortho intramolecular Hbond substituents is 1. The number of aliphatic hydroxyl groups excluding tert-OH is 1. The van der Waals surface area contributed by atoms with E-state index >= 15 is 0 Å². The van der Waals surface area contributed by atoms with Gasteiger partial charge in [-0.2, -0.15) is 0 Å². The average Bonchev–Trinajstić information content (AvgIpc) is 2.23. The van der Waals surface area contributed by atoms with Crippen LogP contribution in [0.5, 0.6) is 5.75 Å². The van der Waals surface area contributed by atoms with Crippen LogP contribution in [0.3, 0.4) is 0 Å². The van der Waals surface area contributed by atoms with E-state index in [-0.39, 0.29) is 12.3 Å². The van der Waals surface area contributed by atoms with Gasteiger partial charge in [-0.3, -0.25) is 0 Å². The standard InChI is InChI=1S/C10H12BrF2NO2/c11-8-1-2-9(16)7(3-8)4-14-5-10(12,13)6-15/h1-3,14-16H,4-6H2. The third-order valence-electron chi connectivity index (χ3n) is 1.97. The lowest BCUT2D eigenvalue weighted by Gasteiger charge is -2.14. The maximum Gasteiger partial charge on any atom is 0.282 e. The summed E-state index contributed by atoms with van der Waals surface area (Å²) in [5.41, 5.74) is 0.517. The smallest absolute Gasteiger partial charge is 0.282 e. The topological polar surface area (TPSA) is 52.5 Å². The van der Waals surface area contributed by atoms with Gasteiger partial charge in [0, 0.05) is 16.6 Å². The van der Waals surface area contributed by atoms with Gasteiger partial charge in [-0.1, -0.05) is 15.9 Å². The quantitative estimate of drug-likeness (QED) is 0.777. The van der Waals surface area contributed by atoms with Crippen molar-refractivity contribution in [3.63, 3.8) is 0 Å². The summed E-state index contributed by atoms with van der Waals surface area (Å²) >= 11 is 3.21. The molecule has 0 fully saturated rings. The number of alkyl halides is 2. The molecular weight excluding hydrogens is 284 g/mol. The summed E-state index contributed by atoms with van der Waals surface area (Å²) in [6.07, 6.45) is 0. The van der Waals surface area contributed by atoms with Crippen molar-refractivity contribution in [1.82, 2.24) is 5.32 Å². The summed E-state index contributed by atoms with van der Waals surface area (Å²) in [6.45, 7) is -1.71. The number of nitrogens with one attached hydrogen (secondary N) is 1. The summed E-state index contributed by atoms with van der Waals surface area (Å²) in [6, 6.07) is 4.77. The van der Waals surface area contributed by atoms with Crippen LogP contribution in [0.15, 0.2) is 22.7 Å². The fourth-order valence-electron chi connectivity index (χ4n) is 1.13. The van der Waals surface area contributed by atoms with Crippen molar-refractivity contribution in [3.8, 4) is 5.75 Å². The molecule has 0 aromatic heterocycles. The van der Waals surface area contributed by atoms with Crippen molar-refractivity contribution in [2.24, 2.45) is 0 Å². The van der Waals surface area contributed by atoms with Gasteiger partial charge in [0.05, 0.1) is 6.54 Å². The molecule has 0 bridgehead atoms. The van der Waals surface area contributed by atoms with Crippen molar-refractivity contribution in [1.29, 1.82) is 0 Å². The Labute approximate surface area is 100 Å². The number of hydrogen-bond donors (Lipinski definition) is 3. The molecule has 1 rings (SSSR count). The number of phenols is 1. The van der Waals surface area contributed by atoms with Crippen molar-refractivity contribution in [3.05, 3.63) is 28.2 Å². The van der Waals surface area contributed by atoms with E-state index < -0.39 is 19.1 Å². The molecular formula is C10H12BrF2NO2. The molecule has 16 heavy (non-hydrogen) atoms. The van der Waals surface area contributed by atoms with Crippen LogP contribution in [0.2, 0.25) is 0 Å². The fourth-order valence-corrected chi connectivity index (χ4v) is 1.54. The summed E-state index contributed by atoms with van der Waals surface area (Å²) in [5, 5.41) is 20.2. The maximum atomic E-state index is 12.7. The number of benzene rings is 1. The van der Waals surface area contributed by atoms with E-state index in [0.29, 0.717) is 5.56 Å². The second-order valence-electron chi connectivity index (χ2n) is 3.39. The van der Waals surface area contributed by atoms with Gasteiger partial charge in [-0.25, -0.2) is 8.78 Å². The fraction of sp³-hybridized carbons (Fsp3) is 0.400. The number of halogens is 3. The molecule has 0 aliphatic heterocycles. The minimum absolute atomic E-state index is 0.0445. The highest BCUT2D eigenvalue weighted by atomic mass is 79.9. The summed E-state index contributed by atoms with van der Waals surface area (Å²) < 4.78 is 26.1. The Morgan fingerprint density at radius 2 is 2.06 bits per heavy atom. The molecule has 90 valence electrons. The van der Waals surface area contributed by atoms with Crippen LogP contribution >= 0.6 is 15.9 Å². The van der Waals surface area contributed by atoms with Crippen LogP contribution in [0, 0.1) is 0 Å². The second kappa shape index (κ2) is 5.56. The Kier molecular flexibility index (Phi) is 4.64. The third-order valence-corrected chi connectivity index (χ3v) is 2.47. The van der Waals surface area contributed by atoms with Crippen LogP contribution in [0.1, 0.15) is 5.56 Å². The highest BCUT2D eigenvalue weighted by Crippen LogP contribution is 2.21. The number of aromatic hydroxyl groups is 1. The first-order valence-electron chi connectivity index (χ1n) is 4.61. The predicted molar refractivity (Wildman–Crippen MR) is 59.5 cm³/mol. The van der Waals surface area contributed by atoms with Crippen molar-refractivity contribution < 1.29 is 19.0 Å². The highest BCUT2D eigenvalue weighted by molar-refractivity contribution is 9.10. The van der Waals surface area contributed by atoms with Crippen LogP contribution in [0.25, 0.3) is 0 Å². The summed E-state index contributed by atoms with van der Waals surface area (Å²) in [7, 11) is 0. The van der Waals surface area contributed by atoms with Gasteiger partial charge < -0.3 is 15.5 Å². The molecule has 0 aliphatic carbocycles. The first-order chi connectivity index (χ1) is 7.44. The Bertz CT molecular complexity index is 361. The van der Waals surface area contributed by atoms with E-state index in [2.05, 4.69) is 21.2 Å². The lowest BCUT2D eigenvalue weighted by atomic mass is 10.2. The van der Waals surface area contributed by atoms with E-state index in [4.69, 9.17) is 5.11 Å². The molecule has 0 saturated carbocycles. The highest BCUT2D eigenvalue weighted by Gasteiger charge is 2.26. The van der Waals surface area contributed by atoms with Gasteiger partial charge in [0.25, 0.3) is 5.92 Å². The monoisotopic (exact) mass is 295 g/mol. The lowest BCUT2D eigenvalue weighted by Crippen LogP contribution is -2.35. The zero-order valence-corrected chi connectivity index (χ0v) is 9.97. The predicted octanol–water partition coefficient (Wildman–Crippen LogP) is 1.87. The molecule has 6 heteroatoms. The van der Waals surface area contributed by atoms with Gasteiger partial charge in [0.2, 0.25) is 0 Å². The van der Waals surface area contributed by atoms with Crippen molar-refractivity contribution in [2.75, 3.05) is 13.2 Å². The van der Waals surface area contributed by atoms with E-state index in [1.807, 2.05) is 0 Å². The molecule has 0 amide bonds. The zero-order valence-electron chi connectivity index (χ0n) is 8.38. The van der Waals surface area contributed by atoms with Gasteiger partial charge in [-0.05, 0) is 18.2 Å². The van der Waals surface area contributed by atoms with Crippen LogP contribution in [-0.4, -0.2) is 29.3 Å². The number of hydrogen-bond acceptors (Lipinski definition) is 3. The number of aliphatic hydroxyl groups is 1. The number of rotatable bonds is 5. The van der Waals surface area contributed by atoms with Gasteiger partial charge in [0.15, 0.2) is 0 Å². The van der Waals surface area contributed by atoms with Crippen molar-refractivity contribution >= 4 is 15.9 Å². The molecule has 0 saturated heterocycles. The minimum Gasteiger partial charge on any atom is -0.508 e. The first-order valence-corrected chi connectivity index (χ1v) is 5.41. The summed E-state index contributed by atoms with van der Waals surface area (Å²) in [5.74, 6) is -3.09. The van der Waals surface area contributed by atoms with E-state index in [1.54, 1.807) is 12.1 Å². The lowest BCUT2D eigenvalue weighted by molar-refractivity contribution is -0.0478. The van der Waals surface area contributed by atoms with Crippen LogP contribution < -0.4 is 5.32 Å². The zero-order chi connectivity index (χ0) is 12.2. The molecule has 0 atom stereocenters. The summed E-state index contributed by atoms with van der Waals surface area (Å²) in [4.78, 5) is 0. The molecule has 0 unspecified atom stereocenters. The van der Waals surface area contributed by atoms with Gasteiger partial charge >= 0.3 is 0 Å². The van der Waals surface area contributed by atoms with E-state index in [1.165, 1.54) is 6.07 Å². The Morgan fingerprint density at radius 3 is 2.69 bits per heavy atom. The van der Waals surface area contributed by atoms with Crippen LogP contribution in [-0.2, 0) is 6.54 Å². The molecule has 0 radical (unpaired) electrons. The maximum absolute atomic E-state index is 12.7. The van der Waals surface area contributed by atoms with E-state index in [0.717, 1.165) is 4.47 Å².